The Bertz CT molecular complexity index is 1010. The monoisotopic (exact) mass is 391 g/mol. The Morgan fingerprint density at radius 1 is 0.963 bits per heavy atom. The fourth-order valence-electron chi connectivity index (χ4n) is 2.51. The molecule has 27 heavy (non-hydrogen) atoms. The molecule has 140 valence electrons. The van der Waals surface area contributed by atoms with Crippen LogP contribution in [0.5, 0.6) is 0 Å². The fourth-order valence-corrected chi connectivity index (χ4v) is 4.10. The number of hydrogen-bond acceptors (Lipinski definition) is 4. The van der Waals surface area contributed by atoms with Gasteiger partial charge in [-0.25, -0.2) is 17.2 Å². The molecule has 1 heterocycles. The molecular weight excluding hydrogens is 376 g/mol. The second kappa shape index (κ2) is 7.71. The third kappa shape index (κ3) is 4.22. The maximum atomic E-state index is 13.1. The first kappa shape index (κ1) is 18.8. The molecule has 0 fully saturated rings. The van der Waals surface area contributed by atoms with Crippen LogP contribution in [0.2, 0.25) is 0 Å². The highest BCUT2D eigenvalue weighted by atomic mass is 32.2. The van der Waals surface area contributed by atoms with Gasteiger partial charge in [-0.15, -0.1) is 0 Å². The zero-order valence-electron chi connectivity index (χ0n) is 13.9. The van der Waals surface area contributed by atoms with Gasteiger partial charge in [0, 0.05) is 12.1 Å². The standard InChI is InChI=1S/C19H15F2NO4S/c20-14-5-3-13(4-6-14)19(23)22-12-18(17-2-1-11-26-17)27(24,25)16-9-7-15(21)8-10-16/h1-11,18H,12H2,(H,22,23)/t18-/m1/s1. The van der Waals surface area contributed by atoms with E-state index in [4.69, 9.17) is 4.42 Å². The molecule has 0 aliphatic heterocycles. The minimum absolute atomic E-state index is 0.0960. The first-order valence-electron chi connectivity index (χ1n) is 7.94. The lowest BCUT2D eigenvalue weighted by Crippen LogP contribution is -2.31. The van der Waals surface area contributed by atoms with E-state index in [9.17, 15) is 22.0 Å². The predicted octanol–water partition coefficient (Wildman–Crippen LogP) is 3.50. The van der Waals surface area contributed by atoms with E-state index in [1.54, 1.807) is 0 Å². The molecule has 0 bridgehead atoms. The van der Waals surface area contributed by atoms with Crippen molar-refractivity contribution in [3.8, 4) is 0 Å². The molecule has 0 spiro atoms. The molecule has 0 unspecified atom stereocenters. The first-order chi connectivity index (χ1) is 12.9. The minimum atomic E-state index is -3.96. The summed E-state index contributed by atoms with van der Waals surface area (Å²) in [6.45, 7) is -0.274. The maximum absolute atomic E-state index is 13.1. The topological polar surface area (TPSA) is 76.4 Å². The van der Waals surface area contributed by atoms with Crippen molar-refractivity contribution in [2.45, 2.75) is 10.1 Å². The molecule has 0 saturated carbocycles. The molecular formula is C19H15F2NO4S. The van der Waals surface area contributed by atoms with E-state index < -0.39 is 32.6 Å². The molecule has 5 nitrogen and oxygen atoms in total. The molecule has 0 radical (unpaired) electrons. The molecule has 1 atom stereocenters. The molecule has 3 rings (SSSR count). The summed E-state index contributed by atoms with van der Waals surface area (Å²) in [4.78, 5) is 12.1. The largest absolute Gasteiger partial charge is 0.468 e. The van der Waals surface area contributed by atoms with E-state index in [1.807, 2.05) is 0 Å². The number of furan rings is 1. The SMILES string of the molecule is O=C(NC[C@H](c1ccco1)S(=O)(=O)c1ccc(F)cc1)c1ccc(F)cc1. The summed E-state index contributed by atoms with van der Waals surface area (Å²) in [6.07, 6.45) is 1.32. The van der Waals surface area contributed by atoms with Crippen LogP contribution in [0.15, 0.2) is 76.2 Å². The van der Waals surface area contributed by atoms with Crippen LogP contribution in [0.25, 0.3) is 0 Å². The quantitative estimate of drug-likeness (QED) is 0.653. The fraction of sp³-hybridized carbons (Fsp3) is 0.105. The Hall–Kier alpha value is -3.00. The number of benzene rings is 2. The average Bonchev–Trinajstić information content (AvgIpc) is 3.16. The van der Waals surface area contributed by atoms with Crippen molar-refractivity contribution in [2.24, 2.45) is 0 Å². The number of nitrogens with one attached hydrogen (secondary N) is 1. The number of amides is 1. The molecule has 1 aromatic heterocycles. The summed E-state index contributed by atoms with van der Waals surface area (Å²) in [5.41, 5.74) is 0.189. The number of carbonyl (C=O) groups excluding carboxylic acids is 1. The van der Waals surface area contributed by atoms with Gasteiger partial charge in [0.1, 0.15) is 22.6 Å². The van der Waals surface area contributed by atoms with E-state index in [2.05, 4.69) is 5.32 Å². The van der Waals surface area contributed by atoms with Gasteiger partial charge in [0.25, 0.3) is 5.91 Å². The highest BCUT2D eigenvalue weighted by Crippen LogP contribution is 2.29. The Labute approximate surface area is 154 Å². The van der Waals surface area contributed by atoms with Crippen LogP contribution in [0.1, 0.15) is 21.4 Å². The van der Waals surface area contributed by atoms with Gasteiger partial charge >= 0.3 is 0 Å². The Morgan fingerprint density at radius 3 is 2.11 bits per heavy atom. The maximum Gasteiger partial charge on any atom is 0.251 e. The van der Waals surface area contributed by atoms with Crippen molar-refractivity contribution in [2.75, 3.05) is 6.54 Å². The zero-order chi connectivity index (χ0) is 19.4. The van der Waals surface area contributed by atoms with Crippen LogP contribution < -0.4 is 5.32 Å². The summed E-state index contributed by atoms with van der Waals surface area (Å²) in [6, 6.07) is 12.3. The lowest BCUT2D eigenvalue weighted by atomic mass is 10.2. The molecule has 2 aromatic carbocycles. The molecule has 3 aromatic rings. The highest BCUT2D eigenvalue weighted by Gasteiger charge is 2.32. The van der Waals surface area contributed by atoms with Crippen LogP contribution in [0.4, 0.5) is 8.78 Å². The second-order valence-corrected chi connectivity index (χ2v) is 7.85. The van der Waals surface area contributed by atoms with Crippen LogP contribution in [0, 0.1) is 11.6 Å². The van der Waals surface area contributed by atoms with Crippen LogP contribution in [0.3, 0.4) is 0 Å². The van der Waals surface area contributed by atoms with E-state index in [0.29, 0.717) is 0 Å². The van der Waals surface area contributed by atoms with Crippen molar-refractivity contribution in [1.82, 2.24) is 5.32 Å². The Balaban J connectivity index is 1.85. The van der Waals surface area contributed by atoms with Crippen molar-refractivity contribution in [1.29, 1.82) is 0 Å². The second-order valence-electron chi connectivity index (χ2n) is 5.72. The molecule has 0 saturated heterocycles. The van der Waals surface area contributed by atoms with Crippen molar-refractivity contribution >= 4 is 15.7 Å². The van der Waals surface area contributed by atoms with Gasteiger partial charge in [0.15, 0.2) is 9.84 Å². The van der Waals surface area contributed by atoms with Gasteiger partial charge in [-0.2, -0.15) is 0 Å². The zero-order valence-corrected chi connectivity index (χ0v) is 14.7. The number of halogens is 2. The van der Waals surface area contributed by atoms with Gasteiger partial charge in [0.05, 0.1) is 11.2 Å². The first-order valence-corrected chi connectivity index (χ1v) is 9.49. The minimum Gasteiger partial charge on any atom is -0.468 e. The molecule has 1 amide bonds. The summed E-state index contributed by atoms with van der Waals surface area (Å²) >= 11 is 0. The highest BCUT2D eigenvalue weighted by molar-refractivity contribution is 7.91. The van der Waals surface area contributed by atoms with E-state index in [0.717, 1.165) is 36.4 Å². The third-order valence-corrected chi connectivity index (χ3v) is 6.01. The van der Waals surface area contributed by atoms with Gasteiger partial charge in [-0.1, -0.05) is 0 Å². The van der Waals surface area contributed by atoms with Crippen LogP contribution >= 0.6 is 0 Å². The third-order valence-electron chi connectivity index (χ3n) is 3.93. The van der Waals surface area contributed by atoms with Gasteiger partial charge < -0.3 is 9.73 Å². The normalized spacial score (nSPS) is 12.5. The van der Waals surface area contributed by atoms with Crippen molar-refractivity contribution in [3.05, 3.63) is 89.9 Å². The average molecular weight is 391 g/mol. The Kier molecular flexibility index (Phi) is 5.36. The lowest BCUT2D eigenvalue weighted by molar-refractivity contribution is 0.0953. The van der Waals surface area contributed by atoms with E-state index in [-0.39, 0.29) is 22.8 Å². The Morgan fingerprint density at radius 2 is 1.56 bits per heavy atom. The number of rotatable bonds is 6. The molecule has 8 heteroatoms. The van der Waals surface area contributed by atoms with Gasteiger partial charge in [-0.05, 0) is 60.7 Å². The summed E-state index contributed by atoms with van der Waals surface area (Å²) in [7, 11) is -3.96. The predicted molar refractivity (Wildman–Crippen MR) is 93.8 cm³/mol. The smallest absolute Gasteiger partial charge is 0.251 e. The van der Waals surface area contributed by atoms with E-state index >= 15 is 0 Å². The summed E-state index contributed by atoms with van der Waals surface area (Å²) < 4.78 is 57.2. The molecule has 0 aliphatic carbocycles. The van der Waals surface area contributed by atoms with E-state index in [1.165, 1.54) is 30.5 Å². The molecule has 1 N–H and O–H groups in total. The molecule has 0 aliphatic rings. The van der Waals surface area contributed by atoms with Crippen LogP contribution in [-0.4, -0.2) is 20.9 Å². The van der Waals surface area contributed by atoms with Crippen molar-refractivity contribution < 1.29 is 26.4 Å². The number of carbonyl (C=O) groups is 1. The van der Waals surface area contributed by atoms with Gasteiger partial charge in [0.2, 0.25) is 0 Å². The lowest BCUT2D eigenvalue weighted by Gasteiger charge is -2.17. The summed E-state index contributed by atoms with van der Waals surface area (Å²) in [5, 5.41) is 1.31. The van der Waals surface area contributed by atoms with Crippen molar-refractivity contribution in [3.63, 3.8) is 0 Å². The van der Waals surface area contributed by atoms with Gasteiger partial charge in [-0.3, -0.25) is 4.79 Å². The summed E-state index contributed by atoms with van der Waals surface area (Å²) in [5.74, 6) is -1.47. The van der Waals surface area contributed by atoms with Crippen LogP contribution in [-0.2, 0) is 9.84 Å². The number of hydrogen-bond donors (Lipinski definition) is 1. The number of sulfone groups is 1.